The summed E-state index contributed by atoms with van der Waals surface area (Å²) in [6.45, 7) is 6.06. The number of carbonyl (C=O) groups excluding carboxylic acids is 1. The SMILES string of the molecule is O=C(NCc1ccnc(N2CCCCC2)c1)NCc1cccnc1N1CCOCC1. The van der Waals surface area contributed by atoms with Crippen LogP contribution in [0.2, 0.25) is 0 Å². The van der Waals surface area contributed by atoms with Crippen LogP contribution in [0, 0.1) is 0 Å². The van der Waals surface area contributed by atoms with E-state index in [2.05, 4.69) is 36.5 Å². The van der Waals surface area contributed by atoms with Crippen molar-refractivity contribution in [3.8, 4) is 0 Å². The Morgan fingerprint density at radius 1 is 0.933 bits per heavy atom. The van der Waals surface area contributed by atoms with Crippen molar-refractivity contribution >= 4 is 17.7 Å². The Morgan fingerprint density at radius 2 is 1.73 bits per heavy atom. The molecule has 0 unspecified atom stereocenters. The highest BCUT2D eigenvalue weighted by Gasteiger charge is 2.16. The summed E-state index contributed by atoms with van der Waals surface area (Å²) in [5.41, 5.74) is 2.06. The van der Waals surface area contributed by atoms with E-state index in [0.717, 1.165) is 48.9 Å². The van der Waals surface area contributed by atoms with E-state index < -0.39 is 0 Å². The fraction of sp³-hybridized carbons (Fsp3) is 0.500. The zero-order valence-electron chi connectivity index (χ0n) is 17.3. The molecule has 8 nitrogen and oxygen atoms in total. The smallest absolute Gasteiger partial charge is 0.315 e. The number of nitrogens with zero attached hydrogens (tertiary/aromatic N) is 4. The quantitative estimate of drug-likeness (QED) is 0.761. The van der Waals surface area contributed by atoms with Crippen molar-refractivity contribution in [1.82, 2.24) is 20.6 Å². The summed E-state index contributed by atoms with van der Waals surface area (Å²) >= 11 is 0. The van der Waals surface area contributed by atoms with E-state index >= 15 is 0 Å². The Bertz CT molecular complexity index is 834. The number of carbonyl (C=O) groups is 1. The van der Waals surface area contributed by atoms with Gasteiger partial charge in [0.2, 0.25) is 0 Å². The van der Waals surface area contributed by atoms with Crippen molar-refractivity contribution in [3.63, 3.8) is 0 Å². The van der Waals surface area contributed by atoms with Gasteiger partial charge in [0.15, 0.2) is 0 Å². The molecular weight excluding hydrogens is 380 g/mol. The monoisotopic (exact) mass is 410 g/mol. The molecule has 2 aliphatic heterocycles. The van der Waals surface area contributed by atoms with Crippen molar-refractivity contribution < 1.29 is 9.53 Å². The van der Waals surface area contributed by atoms with Gasteiger partial charge in [0.25, 0.3) is 0 Å². The van der Waals surface area contributed by atoms with Gasteiger partial charge < -0.3 is 25.2 Å². The van der Waals surface area contributed by atoms with Crippen LogP contribution in [0.4, 0.5) is 16.4 Å². The molecular formula is C22H30N6O2. The molecule has 0 bridgehead atoms. The summed E-state index contributed by atoms with van der Waals surface area (Å²) in [4.78, 5) is 25.9. The lowest BCUT2D eigenvalue weighted by molar-refractivity contribution is 0.122. The summed E-state index contributed by atoms with van der Waals surface area (Å²) in [6, 6.07) is 7.74. The minimum absolute atomic E-state index is 0.192. The minimum atomic E-state index is -0.192. The third-order valence-corrected chi connectivity index (χ3v) is 5.56. The van der Waals surface area contributed by atoms with Crippen LogP contribution in [0.3, 0.4) is 0 Å². The molecule has 30 heavy (non-hydrogen) atoms. The number of hydrogen-bond donors (Lipinski definition) is 2. The minimum Gasteiger partial charge on any atom is -0.378 e. The fourth-order valence-corrected chi connectivity index (χ4v) is 3.91. The first-order valence-electron chi connectivity index (χ1n) is 10.8. The zero-order chi connectivity index (χ0) is 20.6. The van der Waals surface area contributed by atoms with E-state index in [1.165, 1.54) is 19.3 Å². The predicted octanol–water partition coefficient (Wildman–Crippen LogP) is 2.30. The van der Waals surface area contributed by atoms with Crippen LogP contribution in [-0.4, -0.2) is 55.4 Å². The van der Waals surface area contributed by atoms with Crippen molar-refractivity contribution in [2.24, 2.45) is 0 Å². The molecule has 160 valence electrons. The van der Waals surface area contributed by atoms with Gasteiger partial charge in [-0.25, -0.2) is 14.8 Å². The van der Waals surface area contributed by atoms with Gasteiger partial charge in [0, 0.05) is 57.2 Å². The molecule has 2 aliphatic rings. The first-order chi connectivity index (χ1) is 14.8. The van der Waals surface area contributed by atoms with Gasteiger partial charge in [-0.3, -0.25) is 0 Å². The molecule has 0 radical (unpaired) electrons. The highest BCUT2D eigenvalue weighted by molar-refractivity contribution is 5.74. The van der Waals surface area contributed by atoms with Crippen LogP contribution in [0.1, 0.15) is 30.4 Å². The lowest BCUT2D eigenvalue weighted by atomic mass is 10.1. The number of hydrogen-bond acceptors (Lipinski definition) is 6. The first-order valence-corrected chi connectivity index (χ1v) is 10.8. The maximum Gasteiger partial charge on any atom is 0.315 e. The van der Waals surface area contributed by atoms with E-state index in [4.69, 9.17) is 4.74 Å². The van der Waals surface area contributed by atoms with Crippen LogP contribution in [-0.2, 0) is 17.8 Å². The van der Waals surface area contributed by atoms with Crippen molar-refractivity contribution in [1.29, 1.82) is 0 Å². The summed E-state index contributed by atoms with van der Waals surface area (Å²) < 4.78 is 5.42. The predicted molar refractivity (Wildman–Crippen MR) is 117 cm³/mol. The Kier molecular flexibility index (Phi) is 6.97. The normalized spacial score (nSPS) is 16.9. The molecule has 4 heterocycles. The molecule has 2 aromatic heterocycles. The molecule has 0 atom stereocenters. The number of anilines is 2. The molecule has 0 aromatic carbocycles. The molecule has 2 N–H and O–H groups in total. The number of aromatic nitrogens is 2. The van der Waals surface area contributed by atoms with Crippen LogP contribution in [0.15, 0.2) is 36.7 Å². The van der Waals surface area contributed by atoms with Crippen molar-refractivity contribution in [2.75, 3.05) is 49.2 Å². The van der Waals surface area contributed by atoms with Crippen LogP contribution in [0.25, 0.3) is 0 Å². The molecule has 2 saturated heterocycles. The van der Waals surface area contributed by atoms with Gasteiger partial charge in [-0.1, -0.05) is 6.07 Å². The number of nitrogens with one attached hydrogen (secondary N) is 2. The van der Waals surface area contributed by atoms with Gasteiger partial charge in [-0.05, 0) is 43.0 Å². The number of ether oxygens (including phenoxy) is 1. The summed E-state index contributed by atoms with van der Waals surface area (Å²) in [6.07, 6.45) is 7.34. The molecule has 2 aromatic rings. The number of amides is 2. The zero-order valence-corrected chi connectivity index (χ0v) is 17.3. The maximum absolute atomic E-state index is 12.4. The Hall–Kier alpha value is -2.87. The second-order valence-electron chi connectivity index (χ2n) is 7.69. The van der Waals surface area contributed by atoms with E-state index in [9.17, 15) is 4.79 Å². The van der Waals surface area contributed by atoms with Gasteiger partial charge >= 0.3 is 6.03 Å². The van der Waals surface area contributed by atoms with Crippen LogP contribution >= 0.6 is 0 Å². The Balaban J connectivity index is 1.29. The standard InChI is InChI=1S/C22H30N6O2/c29-22(25-16-18-6-8-23-20(15-18)27-9-2-1-3-10-27)26-17-19-5-4-7-24-21(19)28-11-13-30-14-12-28/h4-8,15H,1-3,9-14,16-17H2,(H2,25,26,29). The number of rotatable bonds is 6. The van der Waals surface area contributed by atoms with Crippen molar-refractivity contribution in [3.05, 3.63) is 47.8 Å². The van der Waals surface area contributed by atoms with E-state index in [0.29, 0.717) is 26.3 Å². The lowest BCUT2D eigenvalue weighted by Crippen LogP contribution is -2.38. The average Bonchev–Trinajstić information content (AvgIpc) is 2.83. The van der Waals surface area contributed by atoms with Gasteiger partial charge in [0.05, 0.1) is 13.2 Å². The van der Waals surface area contributed by atoms with Crippen molar-refractivity contribution in [2.45, 2.75) is 32.4 Å². The first kappa shape index (κ1) is 20.4. The van der Waals surface area contributed by atoms with E-state index in [-0.39, 0.29) is 6.03 Å². The molecule has 0 saturated carbocycles. The second kappa shape index (κ2) is 10.2. The lowest BCUT2D eigenvalue weighted by Gasteiger charge is -2.29. The second-order valence-corrected chi connectivity index (χ2v) is 7.69. The topological polar surface area (TPSA) is 82.6 Å². The summed E-state index contributed by atoms with van der Waals surface area (Å²) in [5.74, 6) is 1.92. The third-order valence-electron chi connectivity index (χ3n) is 5.56. The molecule has 8 heteroatoms. The van der Waals surface area contributed by atoms with Gasteiger partial charge in [0.1, 0.15) is 11.6 Å². The average molecular weight is 411 g/mol. The highest BCUT2D eigenvalue weighted by Crippen LogP contribution is 2.19. The van der Waals surface area contributed by atoms with E-state index in [1.807, 2.05) is 24.4 Å². The Morgan fingerprint density at radius 3 is 2.57 bits per heavy atom. The highest BCUT2D eigenvalue weighted by atomic mass is 16.5. The summed E-state index contributed by atoms with van der Waals surface area (Å²) in [5, 5.41) is 5.90. The number of morpholine rings is 1. The number of pyridine rings is 2. The molecule has 0 aliphatic carbocycles. The van der Waals surface area contributed by atoms with Gasteiger partial charge in [-0.2, -0.15) is 0 Å². The number of urea groups is 1. The van der Waals surface area contributed by atoms with E-state index in [1.54, 1.807) is 6.20 Å². The fourth-order valence-electron chi connectivity index (χ4n) is 3.91. The number of piperidine rings is 1. The summed E-state index contributed by atoms with van der Waals surface area (Å²) in [7, 11) is 0. The molecule has 0 spiro atoms. The van der Waals surface area contributed by atoms with Gasteiger partial charge in [-0.15, -0.1) is 0 Å². The Labute approximate surface area is 177 Å². The molecule has 2 fully saturated rings. The maximum atomic E-state index is 12.4. The molecule has 2 amide bonds. The third kappa shape index (κ3) is 5.38. The largest absolute Gasteiger partial charge is 0.378 e. The van der Waals surface area contributed by atoms with Crippen LogP contribution < -0.4 is 20.4 Å². The molecule has 4 rings (SSSR count). The van der Waals surface area contributed by atoms with Crippen LogP contribution in [0.5, 0.6) is 0 Å².